The van der Waals surface area contributed by atoms with Gasteiger partial charge >= 0.3 is 0 Å². The van der Waals surface area contributed by atoms with Crippen LogP contribution in [0.2, 0.25) is 0 Å². The molecule has 0 saturated carbocycles. The van der Waals surface area contributed by atoms with Crippen LogP contribution < -0.4 is 16.0 Å². The van der Waals surface area contributed by atoms with Crippen LogP contribution in [-0.2, 0) is 11.2 Å². The van der Waals surface area contributed by atoms with Gasteiger partial charge in [-0.15, -0.1) is 0 Å². The number of thiocarbonyl (C=S) groups is 1. The third kappa shape index (κ3) is 6.53. The molecule has 0 aliphatic rings. The number of alkyl halides is 3. The van der Waals surface area contributed by atoms with Crippen LogP contribution in [0, 0.1) is 0 Å². The molecule has 26 heavy (non-hydrogen) atoms. The van der Waals surface area contributed by atoms with E-state index in [1.165, 1.54) is 6.07 Å². The Morgan fingerprint density at radius 3 is 2.27 bits per heavy atom. The largest absolute Gasteiger partial charge is 0.506 e. The lowest BCUT2D eigenvalue weighted by molar-refractivity contribution is -0.121. The van der Waals surface area contributed by atoms with Crippen molar-refractivity contribution in [1.29, 1.82) is 0 Å². The van der Waals surface area contributed by atoms with E-state index in [1.807, 2.05) is 30.3 Å². The van der Waals surface area contributed by atoms with Crippen molar-refractivity contribution in [2.45, 2.75) is 16.4 Å². The highest BCUT2D eigenvalue weighted by Gasteiger charge is 2.34. The maximum atomic E-state index is 12.2. The van der Waals surface area contributed by atoms with Crippen molar-refractivity contribution in [2.24, 2.45) is 0 Å². The van der Waals surface area contributed by atoms with E-state index in [2.05, 4.69) is 16.0 Å². The first-order valence-corrected chi connectivity index (χ1v) is 9.05. The number of carbonyl (C=O) groups excluding carboxylic acids is 1. The van der Waals surface area contributed by atoms with Crippen LogP contribution in [0.3, 0.4) is 0 Å². The fourth-order valence-electron chi connectivity index (χ4n) is 2.06. The van der Waals surface area contributed by atoms with Crippen LogP contribution in [-0.4, -0.2) is 26.1 Å². The number of amides is 1. The second-order valence-electron chi connectivity index (χ2n) is 5.32. The molecule has 0 spiro atoms. The number of halogens is 3. The van der Waals surface area contributed by atoms with Gasteiger partial charge in [-0.05, 0) is 29.9 Å². The summed E-state index contributed by atoms with van der Waals surface area (Å²) in [5.41, 5.74) is 1.20. The van der Waals surface area contributed by atoms with Crippen LogP contribution in [0.4, 0.5) is 5.69 Å². The van der Waals surface area contributed by atoms with Crippen LogP contribution in [0.1, 0.15) is 5.56 Å². The molecule has 0 fully saturated rings. The van der Waals surface area contributed by atoms with Gasteiger partial charge in [0.15, 0.2) is 5.11 Å². The number of aromatic hydroxyl groups is 1. The molecule has 0 saturated heterocycles. The zero-order valence-electron chi connectivity index (χ0n) is 13.4. The van der Waals surface area contributed by atoms with Gasteiger partial charge in [-0.3, -0.25) is 4.79 Å². The molecular weight excluding hydrogens is 417 g/mol. The van der Waals surface area contributed by atoms with Gasteiger partial charge in [0.1, 0.15) is 11.9 Å². The minimum Gasteiger partial charge on any atom is -0.506 e. The van der Waals surface area contributed by atoms with Crippen molar-refractivity contribution >= 4 is 63.7 Å². The third-order valence-electron chi connectivity index (χ3n) is 3.27. The van der Waals surface area contributed by atoms with Gasteiger partial charge in [0.2, 0.25) is 9.70 Å². The summed E-state index contributed by atoms with van der Waals surface area (Å²) in [5.74, 6) is -0.333. The zero-order chi connectivity index (χ0) is 19.2. The standard InChI is InChI=1S/C17H16Cl3N3O2S/c18-17(19,20)15(22-14(25)10-11-6-2-1-3-7-11)23-16(26)21-12-8-4-5-9-13(12)24/h1-9,15,24H,10H2,(H,22,25)(H2,21,23,26)/t15-/m0/s1. The Kier molecular flexibility index (Phi) is 7.34. The Balaban J connectivity index is 2.00. The van der Waals surface area contributed by atoms with Crippen LogP contribution in [0.5, 0.6) is 5.75 Å². The molecule has 2 aromatic rings. The molecule has 5 nitrogen and oxygen atoms in total. The molecule has 0 heterocycles. The van der Waals surface area contributed by atoms with E-state index in [1.54, 1.807) is 18.2 Å². The summed E-state index contributed by atoms with van der Waals surface area (Å²) in [6, 6.07) is 15.7. The molecule has 2 rings (SSSR count). The average Bonchev–Trinajstić information content (AvgIpc) is 2.56. The average molecular weight is 433 g/mol. The van der Waals surface area contributed by atoms with E-state index in [-0.39, 0.29) is 23.2 Å². The molecule has 4 N–H and O–H groups in total. The Morgan fingerprint density at radius 1 is 1.04 bits per heavy atom. The summed E-state index contributed by atoms with van der Waals surface area (Å²) in [5, 5.41) is 17.9. The molecule has 2 aromatic carbocycles. The first-order valence-electron chi connectivity index (χ1n) is 7.51. The van der Waals surface area contributed by atoms with Gasteiger partial charge in [0.25, 0.3) is 0 Å². The number of para-hydroxylation sites is 2. The summed E-state index contributed by atoms with van der Waals surface area (Å²) in [6.07, 6.45) is -0.950. The Labute approximate surface area is 171 Å². The number of anilines is 1. The summed E-state index contributed by atoms with van der Waals surface area (Å²) in [4.78, 5) is 12.2. The van der Waals surface area contributed by atoms with Crippen molar-refractivity contribution < 1.29 is 9.90 Å². The fourth-order valence-corrected chi connectivity index (χ4v) is 2.62. The summed E-state index contributed by atoms with van der Waals surface area (Å²) in [6.45, 7) is 0. The van der Waals surface area contributed by atoms with E-state index >= 15 is 0 Å². The van der Waals surface area contributed by atoms with Gasteiger partial charge in [-0.2, -0.15) is 0 Å². The molecule has 0 aliphatic carbocycles. The van der Waals surface area contributed by atoms with Crippen molar-refractivity contribution in [3.63, 3.8) is 0 Å². The molecule has 0 aliphatic heterocycles. The van der Waals surface area contributed by atoms with Crippen molar-refractivity contribution in [1.82, 2.24) is 10.6 Å². The zero-order valence-corrected chi connectivity index (χ0v) is 16.5. The Morgan fingerprint density at radius 2 is 1.65 bits per heavy atom. The smallest absolute Gasteiger partial charge is 0.228 e. The quantitative estimate of drug-likeness (QED) is 0.251. The monoisotopic (exact) mass is 431 g/mol. The second-order valence-corrected chi connectivity index (χ2v) is 8.10. The minimum atomic E-state index is -1.85. The predicted octanol–water partition coefficient (Wildman–Crippen LogP) is 3.73. The molecule has 1 atom stereocenters. The highest BCUT2D eigenvalue weighted by molar-refractivity contribution is 7.80. The molecule has 9 heteroatoms. The SMILES string of the molecule is O=C(Cc1ccccc1)N[C@@H](NC(=S)Nc1ccccc1O)C(Cl)(Cl)Cl. The maximum Gasteiger partial charge on any atom is 0.228 e. The number of rotatable bonds is 5. The van der Waals surface area contributed by atoms with Crippen molar-refractivity contribution in [2.75, 3.05) is 5.32 Å². The normalized spacial score (nSPS) is 12.1. The first-order chi connectivity index (χ1) is 12.3. The molecule has 1 amide bonds. The maximum absolute atomic E-state index is 12.2. The van der Waals surface area contributed by atoms with Gasteiger partial charge < -0.3 is 21.1 Å². The lowest BCUT2D eigenvalue weighted by Gasteiger charge is -2.28. The second kappa shape index (κ2) is 9.28. The number of carbonyl (C=O) groups is 1. The van der Waals surface area contributed by atoms with E-state index in [4.69, 9.17) is 47.0 Å². The highest BCUT2D eigenvalue weighted by atomic mass is 35.6. The van der Waals surface area contributed by atoms with Gasteiger partial charge in [0, 0.05) is 0 Å². The summed E-state index contributed by atoms with van der Waals surface area (Å²) >= 11 is 23.0. The van der Waals surface area contributed by atoms with Crippen LogP contribution in [0.25, 0.3) is 0 Å². The molecule has 0 radical (unpaired) electrons. The lowest BCUT2D eigenvalue weighted by atomic mass is 10.1. The van der Waals surface area contributed by atoms with Gasteiger partial charge in [-0.25, -0.2) is 0 Å². The predicted molar refractivity (Wildman–Crippen MR) is 110 cm³/mol. The van der Waals surface area contributed by atoms with Crippen LogP contribution >= 0.6 is 47.0 Å². The molecule has 0 unspecified atom stereocenters. The topological polar surface area (TPSA) is 73.4 Å². The molecular formula is C17H16Cl3N3O2S. The first kappa shape index (κ1) is 20.6. The van der Waals surface area contributed by atoms with E-state index in [0.29, 0.717) is 5.69 Å². The highest BCUT2D eigenvalue weighted by Crippen LogP contribution is 2.29. The molecule has 138 valence electrons. The summed E-state index contributed by atoms with van der Waals surface area (Å²) in [7, 11) is 0. The van der Waals surface area contributed by atoms with E-state index in [0.717, 1.165) is 5.56 Å². The van der Waals surface area contributed by atoms with Crippen molar-refractivity contribution in [3.05, 3.63) is 60.2 Å². The van der Waals surface area contributed by atoms with E-state index in [9.17, 15) is 9.90 Å². The number of nitrogens with one attached hydrogen (secondary N) is 3. The molecule has 0 bridgehead atoms. The lowest BCUT2D eigenvalue weighted by Crippen LogP contribution is -2.56. The number of benzene rings is 2. The van der Waals surface area contributed by atoms with Crippen molar-refractivity contribution in [3.8, 4) is 5.75 Å². The summed E-state index contributed by atoms with van der Waals surface area (Å²) < 4.78 is -1.85. The number of phenols is 1. The van der Waals surface area contributed by atoms with E-state index < -0.39 is 9.96 Å². The minimum absolute atomic E-state index is 0.00944. The van der Waals surface area contributed by atoms with Crippen LogP contribution in [0.15, 0.2) is 54.6 Å². The van der Waals surface area contributed by atoms with Gasteiger partial charge in [0.05, 0.1) is 12.1 Å². The van der Waals surface area contributed by atoms with Gasteiger partial charge in [-0.1, -0.05) is 77.3 Å². The number of hydrogen-bond acceptors (Lipinski definition) is 3. The Bertz CT molecular complexity index is 769. The number of hydrogen-bond donors (Lipinski definition) is 4. The number of phenolic OH excluding ortho intramolecular Hbond substituents is 1. The molecule has 0 aromatic heterocycles. The fraction of sp³-hybridized carbons (Fsp3) is 0.176. The Hall–Kier alpha value is -1.73. The third-order valence-corrected chi connectivity index (χ3v) is 4.14.